The monoisotopic (exact) mass is 461 g/mol. The number of carbonyl (C=O) groups is 1. The highest BCUT2D eigenvalue weighted by molar-refractivity contribution is 7.92. The summed E-state index contributed by atoms with van der Waals surface area (Å²) in [5, 5.41) is 8.58. The van der Waals surface area contributed by atoms with Crippen LogP contribution in [0.3, 0.4) is 0 Å². The standard InChI is InChI=1S/C15H9Cl3F3NO4S/c16-10-4-2-9(6-12(10)18)27(25,26)22(7-14(23)24)13-5-8(15(19,20)21)1-3-11(13)17/h1-6H,7H2,(H,23,24). The van der Waals surface area contributed by atoms with Crippen LogP contribution in [0.4, 0.5) is 18.9 Å². The Morgan fingerprint density at radius 1 is 1.00 bits per heavy atom. The number of alkyl halides is 3. The Balaban J connectivity index is 2.68. The van der Waals surface area contributed by atoms with Crippen LogP contribution >= 0.6 is 34.8 Å². The zero-order chi connectivity index (χ0) is 20.6. The van der Waals surface area contributed by atoms with Crippen molar-refractivity contribution in [2.75, 3.05) is 10.8 Å². The molecule has 0 amide bonds. The van der Waals surface area contributed by atoms with Gasteiger partial charge < -0.3 is 5.11 Å². The molecule has 0 unspecified atom stereocenters. The average molecular weight is 463 g/mol. The molecule has 0 bridgehead atoms. The van der Waals surface area contributed by atoms with Crippen LogP contribution in [0.2, 0.25) is 15.1 Å². The molecule has 0 atom stereocenters. The lowest BCUT2D eigenvalue weighted by molar-refractivity contribution is -0.137. The van der Waals surface area contributed by atoms with Crippen LogP contribution in [0.1, 0.15) is 5.56 Å². The molecule has 0 aromatic heterocycles. The van der Waals surface area contributed by atoms with E-state index in [2.05, 4.69) is 0 Å². The maximum absolute atomic E-state index is 13.0. The van der Waals surface area contributed by atoms with E-state index in [0.717, 1.165) is 24.3 Å². The predicted molar refractivity (Wildman–Crippen MR) is 95.1 cm³/mol. The Kier molecular flexibility index (Phi) is 6.20. The second kappa shape index (κ2) is 7.75. The van der Waals surface area contributed by atoms with Gasteiger partial charge in [0.25, 0.3) is 10.0 Å². The third kappa shape index (κ3) is 4.78. The summed E-state index contributed by atoms with van der Waals surface area (Å²) in [7, 11) is -4.62. The molecule has 0 heterocycles. The number of hydrogen-bond donors (Lipinski definition) is 1. The fourth-order valence-corrected chi connectivity index (χ4v) is 4.15. The zero-order valence-corrected chi connectivity index (χ0v) is 16.1. The van der Waals surface area contributed by atoms with Crippen molar-refractivity contribution in [2.24, 2.45) is 0 Å². The summed E-state index contributed by atoms with van der Waals surface area (Å²) in [6.45, 7) is -1.16. The van der Waals surface area contributed by atoms with Gasteiger partial charge in [0.15, 0.2) is 0 Å². The minimum Gasteiger partial charge on any atom is -0.480 e. The number of anilines is 1. The molecule has 0 fully saturated rings. The van der Waals surface area contributed by atoms with E-state index in [4.69, 9.17) is 39.9 Å². The molecule has 0 aliphatic rings. The SMILES string of the molecule is O=C(O)CN(c1cc(C(F)(F)F)ccc1Cl)S(=O)(=O)c1ccc(Cl)c(Cl)c1. The molecule has 0 aliphatic carbocycles. The first-order valence-electron chi connectivity index (χ1n) is 6.90. The summed E-state index contributed by atoms with van der Waals surface area (Å²) in [5.74, 6) is -1.60. The van der Waals surface area contributed by atoms with Crippen LogP contribution in [0, 0.1) is 0 Å². The number of carboxylic acids is 1. The van der Waals surface area contributed by atoms with Crippen molar-refractivity contribution in [1.29, 1.82) is 0 Å². The van der Waals surface area contributed by atoms with E-state index in [0.29, 0.717) is 12.1 Å². The maximum atomic E-state index is 13.0. The van der Waals surface area contributed by atoms with E-state index in [1.165, 1.54) is 0 Å². The van der Waals surface area contributed by atoms with Gasteiger partial charge in [0.2, 0.25) is 0 Å². The molecule has 5 nitrogen and oxygen atoms in total. The number of sulfonamides is 1. The highest BCUT2D eigenvalue weighted by Gasteiger charge is 2.34. The number of nitrogens with zero attached hydrogens (tertiary/aromatic N) is 1. The molecule has 2 aromatic carbocycles. The molecule has 27 heavy (non-hydrogen) atoms. The van der Waals surface area contributed by atoms with Crippen molar-refractivity contribution >= 4 is 56.5 Å². The number of benzene rings is 2. The molecule has 0 radical (unpaired) electrons. The topological polar surface area (TPSA) is 74.7 Å². The van der Waals surface area contributed by atoms with Crippen molar-refractivity contribution in [3.63, 3.8) is 0 Å². The van der Waals surface area contributed by atoms with Crippen LogP contribution in [0.15, 0.2) is 41.3 Å². The van der Waals surface area contributed by atoms with Gasteiger partial charge in [0, 0.05) is 0 Å². The summed E-state index contributed by atoms with van der Waals surface area (Å²) >= 11 is 17.4. The van der Waals surface area contributed by atoms with Crippen molar-refractivity contribution < 1.29 is 31.5 Å². The Labute approximate surface area is 166 Å². The third-order valence-corrected chi connectivity index (χ3v) is 6.11. The molecule has 0 aliphatic heterocycles. The average Bonchev–Trinajstić information content (AvgIpc) is 2.54. The van der Waals surface area contributed by atoms with E-state index in [9.17, 15) is 26.4 Å². The first kappa shape index (κ1) is 21.6. The van der Waals surface area contributed by atoms with Crippen molar-refractivity contribution in [2.45, 2.75) is 11.1 Å². The molecule has 146 valence electrons. The Bertz CT molecular complexity index is 996. The van der Waals surface area contributed by atoms with Gasteiger partial charge in [0.05, 0.1) is 31.2 Å². The Morgan fingerprint density at radius 2 is 1.59 bits per heavy atom. The van der Waals surface area contributed by atoms with Gasteiger partial charge >= 0.3 is 12.1 Å². The van der Waals surface area contributed by atoms with Crippen molar-refractivity contribution in [1.82, 2.24) is 0 Å². The Morgan fingerprint density at radius 3 is 2.11 bits per heavy atom. The van der Waals surface area contributed by atoms with E-state index in [1.54, 1.807) is 0 Å². The van der Waals surface area contributed by atoms with E-state index >= 15 is 0 Å². The van der Waals surface area contributed by atoms with Crippen LogP contribution < -0.4 is 4.31 Å². The number of halogens is 6. The van der Waals surface area contributed by atoms with Crippen LogP contribution in [-0.2, 0) is 21.0 Å². The Hall–Kier alpha value is -1.68. The summed E-state index contributed by atoms with van der Waals surface area (Å²) in [6.07, 6.45) is -4.79. The summed E-state index contributed by atoms with van der Waals surface area (Å²) in [6, 6.07) is 5.09. The zero-order valence-electron chi connectivity index (χ0n) is 13.0. The lowest BCUT2D eigenvalue weighted by Crippen LogP contribution is -2.36. The fraction of sp³-hybridized carbons (Fsp3) is 0.133. The van der Waals surface area contributed by atoms with Gasteiger partial charge in [-0.25, -0.2) is 8.42 Å². The lowest BCUT2D eigenvalue weighted by Gasteiger charge is -2.24. The molecule has 12 heteroatoms. The second-order valence-electron chi connectivity index (χ2n) is 5.15. The molecular formula is C15H9Cl3F3NO4S. The molecular weight excluding hydrogens is 454 g/mol. The van der Waals surface area contributed by atoms with Gasteiger partial charge in [-0.1, -0.05) is 34.8 Å². The number of aliphatic carboxylic acids is 1. The van der Waals surface area contributed by atoms with Gasteiger partial charge in [-0.15, -0.1) is 0 Å². The first-order valence-corrected chi connectivity index (χ1v) is 9.48. The highest BCUT2D eigenvalue weighted by atomic mass is 35.5. The van der Waals surface area contributed by atoms with E-state index in [-0.39, 0.29) is 19.4 Å². The van der Waals surface area contributed by atoms with Crippen molar-refractivity contribution in [3.05, 3.63) is 57.0 Å². The molecule has 0 spiro atoms. The van der Waals surface area contributed by atoms with E-state index in [1.807, 2.05) is 0 Å². The summed E-state index contributed by atoms with van der Waals surface area (Å²) in [4.78, 5) is 10.7. The van der Waals surface area contributed by atoms with Gasteiger partial charge in [-0.2, -0.15) is 13.2 Å². The van der Waals surface area contributed by atoms with Crippen LogP contribution in [0.5, 0.6) is 0 Å². The predicted octanol–water partition coefficient (Wildman–Crippen LogP) is 4.95. The normalized spacial score (nSPS) is 12.1. The second-order valence-corrected chi connectivity index (χ2v) is 8.23. The number of hydrogen-bond acceptors (Lipinski definition) is 3. The van der Waals surface area contributed by atoms with E-state index < -0.39 is 44.9 Å². The molecule has 1 N–H and O–H groups in total. The highest BCUT2D eigenvalue weighted by Crippen LogP contribution is 2.37. The van der Waals surface area contributed by atoms with Crippen LogP contribution in [0.25, 0.3) is 0 Å². The first-order chi connectivity index (χ1) is 12.3. The molecule has 0 saturated carbocycles. The summed E-state index contributed by atoms with van der Waals surface area (Å²) in [5.41, 5.74) is -1.83. The fourth-order valence-electron chi connectivity index (χ4n) is 2.07. The lowest BCUT2D eigenvalue weighted by atomic mass is 10.2. The summed E-state index contributed by atoms with van der Waals surface area (Å²) < 4.78 is 64.9. The van der Waals surface area contributed by atoms with Gasteiger partial charge in [0.1, 0.15) is 6.54 Å². The smallest absolute Gasteiger partial charge is 0.416 e. The third-order valence-electron chi connectivity index (χ3n) is 3.30. The number of rotatable bonds is 5. The van der Waals surface area contributed by atoms with Gasteiger partial charge in [-0.05, 0) is 36.4 Å². The minimum atomic E-state index is -4.79. The minimum absolute atomic E-state index is 0.0394. The number of carboxylic acid groups (broad SMARTS) is 1. The largest absolute Gasteiger partial charge is 0.480 e. The maximum Gasteiger partial charge on any atom is 0.416 e. The quantitative estimate of drug-likeness (QED) is 0.683. The van der Waals surface area contributed by atoms with Crippen LogP contribution in [-0.4, -0.2) is 26.0 Å². The molecule has 2 aromatic rings. The van der Waals surface area contributed by atoms with Crippen molar-refractivity contribution in [3.8, 4) is 0 Å². The molecule has 0 saturated heterocycles. The van der Waals surface area contributed by atoms with Gasteiger partial charge in [-0.3, -0.25) is 9.10 Å². The molecule has 2 rings (SSSR count).